The Bertz CT molecular complexity index is 1630. The van der Waals surface area contributed by atoms with E-state index in [9.17, 15) is 19.5 Å². The number of hydrogen-bond donors (Lipinski definition) is 1. The summed E-state index contributed by atoms with van der Waals surface area (Å²) in [5, 5.41) is 10.6. The van der Waals surface area contributed by atoms with Gasteiger partial charge in [-0.1, -0.05) is 83.5 Å². The lowest BCUT2D eigenvalue weighted by molar-refractivity contribution is -0.165. The zero-order valence-electron chi connectivity index (χ0n) is 30.2. The van der Waals surface area contributed by atoms with Gasteiger partial charge in [-0.15, -0.1) is 13.2 Å². The average molecular weight is 765 g/mol. The maximum Gasteiger partial charge on any atom is 0.313 e. The summed E-state index contributed by atoms with van der Waals surface area (Å²) in [5.74, 6) is -3.60. The summed E-state index contributed by atoms with van der Waals surface area (Å²) in [6.07, 6.45) is 3.21. The van der Waals surface area contributed by atoms with E-state index in [1.807, 2.05) is 76.2 Å². The number of fused-ring (bicyclic) bond motifs is 1. The monoisotopic (exact) mass is 763 g/mol. The van der Waals surface area contributed by atoms with Crippen molar-refractivity contribution in [2.75, 3.05) is 25.1 Å². The maximum absolute atomic E-state index is 15.1. The zero-order valence-corrected chi connectivity index (χ0v) is 31.8. The Morgan fingerprint density at radius 1 is 1.12 bits per heavy atom. The van der Waals surface area contributed by atoms with Crippen molar-refractivity contribution in [2.24, 2.45) is 11.8 Å². The quantitative estimate of drug-likeness (QED) is 0.146. The van der Waals surface area contributed by atoms with Gasteiger partial charge >= 0.3 is 5.97 Å². The molecule has 3 heterocycles. The summed E-state index contributed by atoms with van der Waals surface area (Å²) in [6.45, 7) is 15.0. The first-order valence-electron chi connectivity index (χ1n) is 17.7. The molecule has 3 amide bonds. The summed E-state index contributed by atoms with van der Waals surface area (Å²) in [5.41, 5.74) is 1.82. The first-order chi connectivity index (χ1) is 24.4. The molecule has 1 spiro atoms. The molecular formula is C40H50BrN3O7. The Morgan fingerprint density at radius 2 is 1.78 bits per heavy atom. The normalized spacial score (nSPS) is 26.6. The minimum Gasteiger partial charge on any atom is -0.455 e. The molecule has 274 valence electrons. The number of hydrogen-bond acceptors (Lipinski definition) is 7. The van der Waals surface area contributed by atoms with Crippen molar-refractivity contribution < 1.29 is 33.8 Å². The third-order valence-electron chi connectivity index (χ3n) is 11.0. The number of esters is 1. The summed E-state index contributed by atoms with van der Waals surface area (Å²) in [7, 11) is 1.68. The molecule has 9 atom stereocenters. The van der Waals surface area contributed by atoms with Gasteiger partial charge in [-0.3, -0.25) is 19.2 Å². The van der Waals surface area contributed by atoms with Crippen LogP contribution in [-0.2, 0) is 28.7 Å². The number of carbonyl (C=O) groups excluding carboxylic acids is 4. The second-order valence-electron chi connectivity index (χ2n) is 14.0. The average Bonchev–Trinajstić information content (AvgIpc) is 3.72. The number of ether oxygens (including phenoxy) is 2. The highest BCUT2D eigenvalue weighted by Crippen LogP contribution is 2.61. The van der Waals surface area contributed by atoms with Gasteiger partial charge in [0.25, 0.3) is 5.91 Å². The molecule has 0 radical (unpaired) electrons. The Kier molecular flexibility index (Phi) is 11.9. The van der Waals surface area contributed by atoms with Crippen LogP contribution in [0.5, 0.6) is 0 Å². The summed E-state index contributed by atoms with van der Waals surface area (Å²) in [4.78, 5) is 61.8. The molecule has 3 aliphatic heterocycles. The first kappa shape index (κ1) is 38.4. The number of allylic oxidation sites excluding steroid dienone is 1. The zero-order chi connectivity index (χ0) is 37.2. The molecule has 3 aliphatic rings. The van der Waals surface area contributed by atoms with Crippen molar-refractivity contribution in [3.8, 4) is 0 Å². The molecule has 1 unspecified atom stereocenters. The van der Waals surface area contributed by atoms with Crippen LogP contribution in [0, 0.1) is 25.7 Å². The number of benzene rings is 2. The van der Waals surface area contributed by atoms with Gasteiger partial charge in [0.1, 0.15) is 17.7 Å². The SMILES string of the molecule is C=CCCC(=O)N(C)[C@@H](C)[C@@H](OC(=O)[C@H]1[C@@H]2O[C@@]3(CC2Br)[C@@H]1C(=O)N([C@@H](CC)CO)[C@@H]3C(=O)N(CC=C)c1c(C)cccc1C)c1ccccc1. The van der Waals surface area contributed by atoms with Gasteiger partial charge in [0.15, 0.2) is 0 Å². The summed E-state index contributed by atoms with van der Waals surface area (Å²) >= 11 is 3.75. The lowest BCUT2D eigenvalue weighted by Gasteiger charge is -2.39. The van der Waals surface area contributed by atoms with Crippen molar-refractivity contribution in [3.05, 3.63) is 90.5 Å². The molecule has 2 aromatic rings. The van der Waals surface area contributed by atoms with Crippen molar-refractivity contribution in [1.82, 2.24) is 9.80 Å². The van der Waals surface area contributed by atoms with Crippen LogP contribution < -0.4 is 4.90 Å². The van der Waals surface area contributed by atoms with Crippen molar-refractivity contribution in [2.45, 2.75) is 94.1 Å². The van der Waals surface area contributed by atoms with Gasteiger partial charge < -0.3 is 29.3 Å². The van der Waals surface area contributed by atoms with Crippen molar-refractivity contribution in [1.29, 1.82) is 0 Å². The maximum atomic E-state index is 15.1. The van der Waals surface area contributed by atoms with E-state index in [2.05, 4.69) is 29.1 Å². The Hall–Kier alpha value is -3.80. The largest absolute Gasteiger partial charge is 0.455 e. The van der Waals surface area contributed by atoms with Crippen LogP contribution in [0.3, 0.4) is 0 Å². The topological polar surface area (TPSA) is 117 Å². The van der Waals surface area contributed by atoms with Crippen LogP contribution in [0.2, 0.25) is 0 Å². The highest BCUT2D eigenvalue weighted by molar-refractivity contribution is 9.09. The molecule has 1 N–H and O–H groups in total. The van der Waals surface area contributed by atoms with Gasteiger partial charge in [0.2, 0.25) is 11.8 Å². The predicted molar refractivity (Wildman–Crippen MR) is 199 cm³/mol. The molecule has 2 bridgehead atoms. The molecule has 3 saturated heterocycles. The van der Waals surface area contributed by atoms with Gasteiger partial charge in [0.05, 0.1) is 36.6 Å². The predicted octanol–water partition coefficient (Wildman–Crippen LogP) is 5.44. The number of para-hydroxylation sites is 1. The van der Waals surface area contributed by atoms with Gasteiger partial charge in [-0.2, -0.15) is 0 Å². The van der Waals surface area contributed by atoms with E-state index in [-0.39, 0.29) is 36.2 Å². The second kappa shape index (κ2) is 15.8. The number of halogens is 1. The number of aliphatic hydroxyl groups excluding tert-OH is 1. The lowest BCUT2D eigenvalue weighted by atomic mass is 9.70. The number of anilines is 1. The van der Waals surface area contributed by atoms with Crippen LogP contribution in [0.25, 0.3) is 0 Å². The smallest absolute Gasteiger partial charge is 0.313 e. The van der Waals surface area contributed by atoms with Gasteiger partial charge in [-0.05, 0) is 56.7 Å². The summed E-state index contributed by atoms with van der Waals surface area (Å²) < 4.78 is 13.1. The molecular weight excluding hydrogens is 714 g/mol. The van der Waals surface area contributed by atoms with Crippen LogP contribution in [-0.4, -0.2) is 93.5 Å². The molecule has 2 aromatic carbocycles. The van der Waals surface area contributed by atoms with E-state index in [1.165, 1.54) is 4.90 Å². The Labute approximate surface area is 309 Å². The molecule has 0 aromatic heterocycles. The highest BCUT2D eigenvalue weighted by atomic mass is 79.9. The van der Waals surface area contributed by atoms with E-state index in [0.717, 1.165) is 16.8 Å². The molecule has 10 nitrogen and oxygen atoms in total. The third-order valence-corrected chi connectivity index (χ3v) is 11.8. The fraction of sp³-hybridized carbons (Fsp3) is 0.500. The second-order valence-corrected chi connectivity index (χ2v) is 15.1. The minimum absolute atomic E-state index is 0.118. The Balaban J connectivity index is 1.56. The Morgan fingerprint density at radius 3 is 2.37 bits per heavy atom. The summed E-state index contributed by atoms with van der Waals surface area (Å²) in [6, 6.07) is 12.7. The number of amides is 3. The fourth-order valence-electron chi connectivity index (χ4n) is 8.35. The lowest BCUT2D eigenvalue weighted by Crippen LogP contribution is -2.59. The molecule has 0 saturated carbocycles. The van der Waals surface area contributed by atoms with Gasteiger partial charge in [0, 0.05) is 30.5 Å². The van der Waals surface area contributed by atoms with Crippen LogP contribution >= 0.6 is 15.9 Å². The molecule has 11 heteroatoms. The molecule has 5 rings (SSSR count). The number of aliphatic hydroxyl groups is 1. The number of nitrogens with zero attached hydrogens (tertiary/aromatic N) is 3. The van der Waals surface area contributed by atoms with Crippen LogP contribution in [0.1, 0.15) is 62.3 Å². The number of rotatable bonds is 15. The van der Waals surface area contributed by atoms with E-state index in [1.54, 1.807) is 29.0 Å². The molecule has 51 heavy (non-hydrogen) atoms. The van der Waals surface area contributed by atoms with E-state index < -0.39 is 59.6 Å². The van der Waals surface area contributed by atoms with Crippen LogP contribution in [0.4, 0.5) is 5.69 Å². The van der Waals surface area contributed by atoms with E-state index in [0.29, 0.717) is 24.8 Å². The number of likely N-dealkylation sites (tertiary alicyclic amines) is 1. The first-order valence-corrected chi connectivity index (χ1v) is 18.6. The fourth-order valence-corrected chi connectivity index (χ4v) is 9.29. The molecule has 0 aliphatic carbocycles. The number of aryl methyl sites for hydroxylation is 2. The van der Waals surface area contributed by atoms with Gasteiger partial charge in [-0.25, -0.2) is 0 Å². The van der Waals surface area contributed by atoms with Crippen molar-refractivity contribution in [3.63, 3.8) is 0 Å². The van der Waals surface area contributed by atoms with Crippen LogP contribution in [0.15, 0.2) is 73.8 Å². The van der Waals surface area contributed by atoms with E-state index >= 15 is 4.79 Å². The third kappa shape index (κ3) is 6.80. The number of likely N-dealkylation sites (N-methyl/N-ethyl adjacent to an activating group) is 1. The highest BCUT2D eigenvalue weighted by Gasteiger charge is 2.77. The standard InChI is InChI=1S/C40H50BrN3O7/c1-8-11-20-30(46)42(7)26(6)34(27-18-13-12-14-19-27)50-39(49)31-32-37(47)44(28(10-3)23-45)36(40(32)22-29(41)35(31)51-40)38(48)43(21-9-2)33-24(4)16-15-17-25(33)5/h8-9,12-19,26,28-29,31-32,34-36,45H,1-2,10-11,20-23H2,3-7H3/t26-,28-,29?,31+,32-,34+,35+,36+,40-/m0/s1. The molecule has 3 fully saturated rings. The number of carbonyl (C=O) groups is 4. The number of alkyl halides is 1. The van der Waals surface area contributed by atoms with Crippen molar-refractivity contribution >= 4 is 45.3 Å². The van der Waals surface area contributed by atoms with E-state index in [4.69, 9.17) is 9.47 Å². The minimum atomic E-state index is -1.36.